The van der Waals surface area contributed by atoms with Crippen LogP contribution in [0.2, 0.25) is 0 Å². The van der Waals surface area contributed by atoms with E-state index in [2.05, 4.69) is 50.1 Å². The van der Waals surface area contributed by atoms with Crippen molar-refractivity contribution in [1.29, 1.82) is 0 Å². The lowest BCUT2D eigenvalue weighted by atomic mass is 10.1. The minimum atomic E-state index is -0.0404. The van der Waals surface area contributed by atoms with Gasteiger partial charge in [-0.25, -0.2) is 4.98 Å². The number of piperazine rings is 1. The second kappa shape index (κ2) is 8.46. The van der Waals surface area contributed by atoms with Gasteiger partial charge in [0.15, 0.2) is 0 Å². The van der Waals surface area contributed by atoms with Gasteiger partial charge < -0.3 is 14.8 Å². The largest absolute Gasteiger partial charge is 0.310 e. The number of benzene rings is 2. The molecule has 0 atom stereocenters. The van der Waals surface area contributed by atoms with Crippen LogP contribution in [0.3, 0.4) is 0 Å². The van der Waals surface area contributed by atoms with Crippen molar-refractivity contribution < 1.29 is 0 Å². The molecule has 3 aromatic rings. The van der Waals surface area contributed by atoms with Gasteiger partial charge in [0.25, 0.3) is 5.56 Å². The summed E-state index contributed by atoms with van der Waals surface area (Å²) in [6, 6.07) is 18.2. The van der Waals surface area contributed by atoms with E-state index in [4.69, 9.17) is 0 Å². The van der Waals surface area contributed by atoms with E-state index in [0.29, 0.717) is 5.39 Å². The summed E-state index contributed by atoms with van der Waals surface area (Å²) in [6.07, 6.45) is 1.90. The Bertz CT molecular complexity index is 930. The SMILES string of the molecule is O=c1[nH]c(CCN2CCN(CCc3ccccc3)CC2)nc2ccccc12. The van der Waals surface area contributed by atoms with Gasteiger partial charge in [0.1, 0.15) is 5.82 Å². The molecule has 0 amide bonds. The molecular formula is C22H26N4O. The smallest absolute Gasteiger partial charge is 0.258 e. The van der Waals surface area contributed by atoms with Crippen LogP contribution in [-0.2, 0) is 12.8 Å². The van der Waals surface area contributed by atoms with E-state index >= 15 is 0 Å². The molecule has 1 aliphatic rings. The van der Waals surface area contributed by atoms with Gasteiger partial charge in [-0.15, -0.1) is 0 Å². The Kier molecular flexibility index (Phi) is 5.61. The molecule has 2 heterocycles. The fourth-order valence-electron chi connectivity index (χ4n) is 3.69. The standard InChI is InChI=1S/C22H26N4O/c27-22-19-8-4-5-9-20(19)23-21(24-22)11-13-26-16-14-25(15-17-26)12-10-18-6-2-1-3-7-18/h1-9H,10-17H2,(H,23,24,27). The average molecular weight is 362 g/mol. The molecular weight excluding hydrogens is 336 g/mol. The lowest BCUT2D eigenvalue weighted by Crippen LogP contribution is -2.47. The highest BCUT2D eigenvalue weighted by Crippen LogP contribution is 2.08. The Balaban J connectivity index is 1.25. The lowest BCUT2D eigenvalue weighted by molar-refractivity contribution is 0.134. The van der Waals surface area contributed by atoms with Gasteiger partial charge in [0, 0.05) is 45.7 Å². The lowest BCUT2D eigenvalue weighted by Gasteiger charge is -2.34. The third kappa shape index (κ3) is 4.62. The summed E-state index contributed by atoms with van der Waals surface area (Å²) >= 11 is 0. The van der Waals surface area contributed by atoms with Crippen molar-refractivity contribution in [2.45, 2.75) is 12.8 Å². The van der Waals surface area contributed by atoms with E-state index in [-0.39, 0.29) is 5.56 Å². The zero-order valence-electron chi connectivity index (χ0n) is 15.6. The van der Waals surface area contributed by atoms with Crippen molar-refractivity contribution in [1.82, 2.24) is 19.8 Å². The third-order valence-electron chi connectivity index (χ3n) is 5.35. The number of para-hydroxylation sites is 1. The van der Waals surface area contributed by atoms with Crippen molar-refractivity contribution in [3.05, 3.63) is 76.3 Å². The number of nitrogens with one attached hydrogen (secondary N) is 1. The molecule has 1 fully saturated rings. The van der Waals surface area contributed by atoms with Crippen LogP contribution >= 0.6 is 0 Å². The molecule has 0 radical (unpaired) electrons. The van der Waals surface area contributed by atoms with E-state index in [0.717, 1.165) is 63.5 Å². The fraction of sp³-hybridized carbons (Fsp3) is 0.364. The molecule has 140 valence electrons. The zero-order valence-corrected chi connectivity index (χ0v) is 15.6. The van der Waals surface area contributed by atoms with Crippen molar-refractivity contribution >= 4 is 10.9 Å². The predicted octanol–water partition coefficient (Wildman–Crippen LogP) is 2.33. The van der Waals surface area contributed by atoms with E-state index in [1.165, 1.54) is 5.56 Å². The number of aromatic nitrogens is 2. The van der Waals surface area contributed by atoms with Gasteiger partial charge in [0.05, 0.1) is 10.9 Å². The van der Waals surface area contributed by atoms with Gasteiger partial charge in [-0.1, -0.05) is 42.5 Å². The molecule has 0 bridgehead atoms. The van der Waals surface area contributed by atoms with Crippen molar-refractivity contribution in [2.24, 2.45) is 0 Å². The molecule has 0 unspecified atom stereocenters. The van der Waals surface area contributed by atoms with Crippen LogP contribution in [0, 0.1) is 0 Å². The first-order chi connectivity index (χ1) is 13.3. The number of hydrogen-bond acceptors (Lipinski definition) is 4. The number of aromatic amines is 1. The van der Waals surface area contributed by atoms with Crippen molar-refractivity contribution in [3.8, 4) is 0 Å². The Hall–Kier alpha value is -2.50. The van der Waals surface area contributed by atoms with Gasteiger partial charge in [-0.2, -0.15) is 0 Å². The molecule has 1 aliphatic heterocycles. The average Bonchev–Trinajstić information content (AvgIpc) is 2.72. The summed E-state index contributed by atoms with van der Waals surface area (Å²) in [7, 11) is 0. The van der Waals surface area contributed by atoms with Gasteiger partial charge in [-0.3, -0.25) is 4.79 Å². The second-order valence-electron chi connectivity index (χ2n) is 7.20. The molecule has 2 aromatic carbocycles. The number of hydrogen-bond donors (Lipinski definition) is 1. The van der Waals surface area contributed by atoms with Crippen LogP contribution in [0.15, 0.2) is 59.4 Å². The summed E-state index contributed by atoms with van der Waals surface area (Å²) in [5.41, 5.74) is 2.15. The predicted molar refractivity (Wildman–Crippen MR) is 109 cm³/mol. The fourth-order valence-corrected chi connectivity index (χ4v) is 3.69. The van der Waals surface area contributed by atoms with E-state index in [9.17, 15) is 4.79 Å². The van der Waals surface area contributed by atoms with Crippen LogP contribution in [0.25, 0.3) is 10.9 Å². The summed E-state index contributed by atoms with van der Waals surface area (Å²) in [6.45, 7) is 6.42. The molecule has 1 saturated heterocycles. The quantitative estimate of drug-likeness (QED) is 0.731. The van der Waals surface area contributed by atoms with Gasteiger partial charge in [-0.05, 0) is 24.1 Å². The Morgan fingerprint density at radius 1 is 0.815 bits per heavy atom. The van der Waals surface area contributed by atoms with Crippen LogP contribution < -0.4 is 5.56 Å². The summed E-state index contributed by atoms with van der Waals surface area (Å²) in [5.74, 6) is 0.783. The molecule has 4 rings (SSSR count). The van der Waals surface area contributed by atoms with Crippen LogP contribution in [0.1, 0.15) is 11.4 Å². The van der Waals surface area contributed by atoms with E-state index < -0.39 is 0 Å². The van der Waals surface area contributed by atoms with Crippen molar-refractivity contribution in [2.75, 3.05) is 39.3 Å². The van der Waals surface area contributed by atoms with E-state index in [1.54, 1.807) is 0 Å². The maximum absolute atomic E-state index is 12.2. The molecule has 27 heavy (non-hydrogen) atoms. The topological polar surface area (TPSA) is 52.2 Å². The van der Waals surface area contributed by atoms with Crippen molar-refractivity contribution in [3.63, 3.8) is 0 Å². The number of nitrogens with zero attached hydrogens (tertiary/aromatic N) is 3. The molecule has 1 aromatic heterocycles. The minimum Gasteiger partial charge on any atom is -0.310 e. The molecule has 5 nitrogen and oxygen atoms in total. The van der Waals surface area contributed by atoms with Crippen LogP contribution in [0.4, 0.5) is 0 Å². The molecule has 0 spiro atoms. The molecule has 1 N–H and O–H groups in total. The minimum absolute atomic E-state index is 0.0404. The maximum Gasteiger partial charge on any atom is 0.258 e. The zero-order chi connectivity index (χ0) is 18.5. The highest BCUT2D eigenvalue weighted by Gasteiger charge is 2.16. The Morgan fingerprint density at radius 3 is 2.19 bits per heavy atom. The van der Waals surface area contributed by atoms with Crippen LogP contribution in [0.5, 0.6) is 0 Å². The highest BCUT2D eigenvalue weighted by atomic mass is 16.1. The van der Waals surface area contributed by atoms with Gasteiger partial charge >= 0.3 is 0 Å². The van der Waals surface area contributed by atoms with Crippen LogP contribution in [-0.4, -0.2) is 59.0 Å². The summed E-state index contributed by atoms with van der Waals surface area (Å²) in [5, 5.41) is 0.660. The number of rotatable bonds is 6. The Morgan fingerprint density at radius 2 is 1.44 bits per heavy atom. The summed E-state index contributed by atoms with van der Waals surface area (Å²) in [4.78, 5) is 24.7. The first-order valence-electron chi connectivity index (χ1n) is 9.74. The van der Waals surface area contributed by atoms with E-state index in [1.807, 2.05) is 24.3 Å². The third-order valence-corrected chi connectivity index (χ3v) is 5.35. The monoisotopic (exact) mass is 362 g/mol. The number of fused-ring (bicyclic) bond motifs is 1. The molecule has 0 aliphatic carbocycles. The highest BCUT2D eigenvalue weighted by molar-refractivity contribution is 5.77. The maximum atomic E-state index is 12.2. The molecule has 0 saturated carbocycles. The van der Waals surface area contributed by atoms with Gasteiger partial charge in [0.2, 0.25) is 0 Å². The second-order valence-corrected chi connectivity index (χ2v) is 7.20. The first-order valence-corrected chi connectivity index (χ1v) is 9.74. The first kappa shape index (κ1) is 17.9. The number of H-pyrrole nitrogens is 1. The molecule has 5 heteroatoms. The summed E-state index contributed by atoms with van der Waals surface area (Å²) < 4.78 is 0. The normalized spacial score (nSPS) is 16.0. The Labute approximate surface area is 159 Å².